The second kappa shape index (κ2) is 9.40. The predicted octanol–water partition coefficient (Wildman–Crippen LogP) is 0.290. The molecule has 0 heterocycles. The minimum absolute atomic E-state index is 0.176. The molecule has 13 heavy (non-hydrogen) atoms. The number of rotatable bonds is 4. The molecule has 0 saturated heterocycles. The van der Waals surface area contributed by atoms with Gasteiger partial charge in [0.15, 0.2) is 0 Å². The molecule has 0 unspecified atom stereocenters. The average Bonchev–Trinajstić information content (AvgIpc) is 2.08. The molecule has 0 saturated carbocycles. The maximum Gasteiger partial charge on any atom is 0.483 e. The molecule has 0 radical (unpaired) electrons. The van der Waals surface area contributed by atoms with Crippen LogP contribution in [0.1, 0.15) is 6.92 Å². The van der Waals surface area contributed by atoms with Crippen LogP contribution in [0.3, 0.4) is 0 Å². The average molecular weight is 208 g/mol. The second-order valence-electron chi connectivity index (χ2n) is 2.08. The maximum absolute atomic E-state index is 9.60. The number of hydrogen-bond acceptors (Lipinski definition) is 4. The van der Waals surface area contributed by atoms with Gasteiger partial charge in [-0.25, -0.2) is 4.79 Å². The number of hydrogen-bond donors (Lipinski definition) is 1. The number of aliphatic carboxylic acids is 1. The normalized spacial score (nSPS) is 9.00. The van der Waals surface area contributed by atoms with E-state index in [0.29, 0.717) is 0 Å². The Kier molecular flexibility index (Phi) is 10.7. The standard InChI is InChI=1S/C4H6O2.C3H10O3Si/c1-3(2)4(5)6;1-4-7(5-2)6-3/h1H2,2H3,(H,5,6);7H,1-3H3. The van der Waals surface area contributed by atoms with Crippen LogP contribution in [-0.4, -0.2) is 41.9 Å². The number of carbonyl (C=O) groups is 1. The van der Waals surface area contributed by atoms with E-state index in [1.165, 1.54) is 6.92 Å². The second-order valence-corrected chi connectivity index (χ2v) is 4.07. The highest BCUT2D eigenvalue weighted by atomic mass is 28.3. The molecule has 0 rings (SSSR count). The molecule has 0 atom stereocenters. The van der Waals surface area contributed by atoms with Gasteiger partial charge in [0.25, 0.3) is 0 Å². The van der Waals surface area contributed by atoms with Gasteiger partial charge in [0.1, 0.15) is 0 Å². The van der Waals surface area contributed by atoms with E-state index in [-0.39, 0.29) is 5.57 Å². The third-order valence-corrected chi connectivity index (χ3v) is 2.10. The molecule has 0 aromatic heterocycles. The molecular formula is C7H16O5Si. The molecule has 0 fully saturated rings. The van der Waals surface area contributed by atoms with Crippen LogP contribution in [0.25, 0.3) is 0 Å². The Balaban J connectivity index is 0. The molecule has 0 aliphatic rings. The van der Waals surface area contributed by atoms with Gasteiger partial charge in [-0.05, 0) is 6.92 Å². The molecule has 0 aromatic rings. The highest BCUT2D eigenvalue weighted by Gasteiger charge is 2.04. The summed E-state index contributed by atoms with van der Waals surface area (Å²) in [6.07, 6.45) is 0. The first-order valence-corrected chi connectivity index (χ1v) is 4.88. The zero-order chi connectivity index (χ0) is 10.9. The van der Waals surface area contributed by atoms with Crippen molar-refractivity contribution in [3.05, 3.63) is 12.2 Å². The lowest BCUT2D eigenvalue weighted by Crippen LogP contribution is -2.21. The van der Waals surface area contributed by atoms with Gasteiger partial charge in [-0.15, -0.1) is 0 Å². The number of carboxylic acids is 1. The van der Waals surface area contributed by atoms with Crippen molar-refractivity contribution in [2.24, 2.45) is 0 Å². The van der Waals surface area contributed by atoms with E-state index in [1.807, 2.05) is 0 Å². The fourth-order valence-electron chi connectivity index (χ4n) is 0.289. The molecule has 1 N–H and O–H groups in total. The van der Waals surface area contributed by atoms with Crippen molar-refractivity contribution in [3.63, 3.8) is 0 Å². The van der Waals surface area contributed by atoms with Crippen LogP contribution >= 0.6 is 0 Å². The monoisotopic (exact) mass is 208 g/mol. The summed E-state index contributed by atoms with van der Waals surface area (Å²) >= 11 is 0. The van der Waals surface area contributed by atoms with Gasteiger partial charge < -0.3 is 18.4 Å². The lowest BCUT2D eigenvalue weighted by molar-refractivity contribution is -0.132. The third kappa shape index (κ3) is 11.3. The fraction of sp³-hybridized carbons (Fsp3) is 0.571. The summed E-state index contributed by atoms with van der Waals surface area (Å²) in [5.74, 6) is -0.935. The summed E-state index contributed by atoms with van der Waals surface area (Å²) in [5.41, 5.74) is 0.176. The molecular weight excluding hydrogens is 192 g/mol. The summed E-state index contributed by atoms with van der Waals surface area (Å²) in [7, 11) is 3.05. The first-order valence-electron chi connectivity index (χ1n) is 3.46. The fourth-order valence-corrected chi connectivity index (χ4v) is 0.866. The zero-order valence-electron chi connectivity index (χ0n) is 8.36. The summed E-state index contributed by atoms with van der Waals surface area (Å²) < 4.78 is 14.2. The van der Waals surface area contributed by atoms with E-state index in [9.17, 15) is 4.79 Å². The van der Waals surface area contributed by atoms with Gasteiger partial charge in [-0.2, -0.15) is 0 Å². The van der Waals surface area contributed by atoms with Crippen molar-refractivity contribution in [2.45, 2.75) is 6.92 Å². The summed E-state index contributed by atoms with van der Waals surface area (Å²) in [6.45, 7) is 4.60. The minimum Gasteiger partial charge on any atom is -0.478 e. The van der Waals surface area contributed by atoms with Crippen LogP contribution in [0.5, 0.6) is 0 Å². The van der Waals surface area contributed by atoms with Gasteiger partial charge in [0, 0.05) is 26.9 Å². The van der Waals surface area contributed by atoms with E-state index in [1.54, 1.807) is 21.3 Å². The molecule has 0 aliphatic carbocycles. The molecule has 0 aromatic carbocycles. The Morgan fingerprint density at radius 1 is 1.23 bits per heavy atom. The van der Waals surface area contributed by atoms with Crippen LogP contribution in [0.15, 0.2) is 12.2 Å². The van der Waals surface area contributed by atoms with Crippen molar-refractivity contribution < 1.29 is 23.2 Å². The Hall–Kier alpha value is -0.693. The first kappa shape index (κ1) is 14.8. The molecule has 0 bridgehead atoms. The van der Waals surface area contributed by atoms with Crippen molar-refractivity contribution >= 4 is 15.5 Å². The summed E-state index contributed by atoms with van der Waals surface area (Å²) in [6, 6.07) is 0. The predicted molar refractivity (Wildman–Crippen MR) is 50.6 cm³/mol. The smallest absolute Gasteiger partial charge is 0.478 e. The minimum atomic E-state index is -1.67. The van der Waals surface area contributed by atoms with E-state index >= 15 is 0 Å². The van der Waals surface area contributed by atoms with Crippen LogP contribution in [-0.2, 0) is 18.1 Å². The maximum atomic E-state index is 9.60. The number of carboxylic acid groups (broad SMARTS) is 1. The van der Waals surface area contributed by atoms with Gasteiger partial charge in [-0.1, -0.05) is 6.58 Å². The molecule has 0 spiro atoms. The van der Waals surface area contributed by atoms with E-state index in [2.05, 4.69) is 6.58 Å². The van der Waals surface area contributed by atoms with Gasteiger partial charge in [0.2, 0.25) is 0 Å². The van der Waals surface area contributed by atoms with Crippen molar-refractivity contribution in [1.82, 2.24) is 0 Å². The Bertz CT molecular complexity index is 137. The highest BCUT2D eigenvalue weighted by Crippen LogP contribution is 1.81. The highest BCUT2D eigenvalue weighted by molar-refractivity contribution is 6.36. The van der Waals surface area contributed by atoms with Gasteiger partial charge in [0.05, 0.1) is 0 Å². The van der Waals surface area contributed by atoms with Crippen molar-refractivity contribution in [3.8, 4) is 0 Å². The molecule has 78 valence electrons. The lowest BCUT2D eigenvalue weighted by Gasteiger charge is -2.05. The van der Waals surface area contributed by atoms with Crippen molar-refractivity contribution in [1.29, 1.82) is 0 Å². The van der Waals surface area contributed by atoms with Crippen LogP contribution in [0.4, 0.5) is 0 Å². The van der Waals surface area contributed by atoms with Crippen LogP contribution < -0.4 is 0 Å². The third-order valence-electron chi connectivity index (χ3n) is 0.942. The summed E-state index contributed by atoms with van der Waals surface area (Å²) in [4.78, 5) is 9.60. The molecule has 0 aliphatic heterocycles. The Morgan fingerprint density at radius 2 is 1.46 bits per heavy atom. The Labute approximate surface area is 79.9 Å². The van der Waals surface area contributed by atoms with Crippen molar-refractivity contribution in [2.75, 3.05) is 21.3 Å². The topological polar surface area (TPSA) is 65.0 Å². The molecule has 0 amide bonds. The molecule has 6 heteroatoms. The first-order chi connectivity index (χ1) is 5.99. The lowest BCUT2D eigenvalue weighted by atomic mass is 10.4. The quantitative estimate of drug-likeness (QED) is 0.531. The van der Waals surface area contributed by atoms with Crippen LogP contribution in [0, 0.1) is 0 Å². The van der Waals surface area contributed by atoms with Gasteiger partial charge >= 0.3 is 15.5 Å². The van der Waals surface area contributed by atoms with Gasteiger partial charge in [-0.3, -0.25) is 0 Å². The van der Waals surface area contributed by atoms with E-state index in [4.69, 9.17) is 18.4 Å². The van der Waals surface area contributed by atoms with Crippen LogP contribution in [0.2, 0.25) is 0 Å². The summed E-state index contributed by atoms with van der Waals surface area (Å²) in [5, 5.41) is 7.89. The largest absolute Gasteiger partial charge is 0.483 e. The Morgan fingerprint density at radius 3 is 1.46 bits per heavy atom. The van der Waals surface area contributed by atoms with E-state index < -0.39 is 15.5 Å². The zero-order valence-corrected chi connectivity index (χ0v) is 9.52. The van der Waals surface area contributed by atoms with E-state index in [0.717, 1.165) is 0 Å². The SMILES string of the molecule is C=C(C)C(=O)O.CO[SiH](OC)OC. The molecule has 5 nitrogen and oxygen atoms in total.